The summed E-state index contributed by atoms with van der Waals surface area (Å²) in [7, 11) is 1.75. The molecule has 4 rings (SSSR count). The Morgan fingerprint density at radius 2 is 1.76 bits per heavy atom. The molecule has 1 aliphatic heterocycles. The summed E-state index contributed by atoms with van der Waals surface area (Å²) in [4.78, 5) is 14.6. The van der Waals surface area contributed by atoms with Gasteiger partial charge >= 0.3 is 0 Å². The number of aromatic nitrogens is 5. The molecule has 3 aromatic rings. The van der Waals surface area contributed by atoms with Crippen molar-refractivity contribution in [3.63, 3.8) is 0 Å². The maximum atomic E-state index is 13.4. The van der Waals surface area contributed by atoms with Crippen LogP contribution in [-0.4, -0.2) is 42.9 Å². The molecule has 0 saturated carbocycles. The lowest BCUT2D eigenvalue weighted by Crippen LogP contribution is -2.44. The van der Waals surface area contributed by atoms with Gasteiger partial charge in [0.1, 0.15) is 17.7 Å². The van der Waals surface area contributed by atoms with E-state index in [1.807, 2.05) is 4.90 Å². The van der Waals surface area contributed by atoms with Gasteiger partial charge in [0, 0.05) is 45.1 Å². The second-order valence-corrected chi connectivity index (χ2v) is 6.21. The lowest BCUT2D eigenvalue weighted by Gasteiger charge is -2.37. The fourth-order valence-corrected chi connectivity index (χ4v) is 3.20. The van der Waals surface area contributed by atoms with Crippen molar-refractivity contribution in [1.29, 1.82) is 0 Å². The van der Waals surface area contributed by atoms with Crippen LogP contribution in [0.5, 0.6) is 0 Å². The van der Waals surface area contributed by atoms with Crippen LogP contribution in [0.3, 0.4) is 0 Å². The fourth-order valence-electron chi connectivity index (χ4n) is 3.20. The van der Waals surface area contributed by atoms with Crippen LogP contribution in [0, 0.1) is 11.6 Å². The van der Waals surface area contributed by atoms with E-state index in [0.29, 0.717) is 48.6 Å². The number of anilines is 1. The summed E-state index contributed by atoms with van der Waals surface area (Å²) in [5.74, 6) is -0.789. The number of hydrogen-bond donors (Lipinski definition) is 1. The summed E-state index contributed by atoms with van der Waals surface area (Å²) >= 11 is 0. The molecule has 0 spiro atoms. The van der Waals surface area contributed by atoms with E-state index in [-0.39, 0.29) is 0 Å². The van der Waals surface area contributed by atoms with E-state index < -0.39 is 17.2 Å². The Morgan fingerprint density at radius 3 is 2.40 bits per heavy atom. The first-order valence-corrected chi connectivity index (χ1v) is 7.90. The Labute approximate surface area is 142 Å². The van der Waals surface area contributed by atoms with Crippen LogP contribution in [0.2, 0.25) is 0 Å². The van der Waals surface area contributed by atoms with Crippen molar-refractivity contribution < 1.29 is 13.9 Å². The van der Waals surface area contributed by atoms with Gasteiger partial charge in [-0.2, -0.15) is 5.10 Å². The van der Waals surface area contributed by atoms with Crippen molar-refractivity contribution in [3.05, 3.63) is 42.1 Å². The van der Waals surface area contributed by atoms with E-state index in [2.05, 4.69) is 20.1 Å². The number of benzene rings is 1. The molecule has 0 unspecified atom stereocenters. The van der Waals surface area contributed by atoms with Crippen LogP contribution in [0.4, 0.5) is 14.6 Å². The molecule has 25 heavy (non-hydrogen) atoms. The summed E-state index contributed by atoms with van der Waals surface area (Å²) in [6, 6.07) is 2.07. The molecular weight excluding hydrogens is 330 g/mol. The molecule has 7 nitrogen and oxygen atoms in total. The maximum Gasteiger partial charge on any atom is 0.161 e. The summed E-state index contributed by atoms with van der Waals surface area (Å²) in [5.41, 5.74) is -0.442. The van der Waals surface area contributed by atoms with Crippen LogP contribution in [0.15, 0.2) is 24.7 Å². The number of aliphatic hydroxyl groups is 1. The normalized spacial score (nSPS) is 17.2. The monoisotopic (exact) mass is 346 g/mol. The molecule has 0 aliphatic carbocycles. The largest absolute Gasteiger partial charge is 0.382 e. The lowest BCUT2D eigenvalue weighted by atomic mass is 9.90. The maximum absolute atomic E-state index is 13.4. The van der Waals surface area contributed by atoms with Crippen LogP contribution in [0.1, 0.15) is 18.7 Å². The molecule has 0 amide bonds. The molecule has 1 saturated heterocycles. The molecule has 3 heterocycles. The van der Waals surface area contributed by atoms with Crippen molar-refractivity contribution >= 4 is 16.9 Å². The first-order chi connectivity index (χ1) is 12.0. The number of aryl methyl sites for hydroxylation is 1. The molecule has 2 aromatic heterocycles. The minimum absolute atomic E-state index is 0.297. The minimum atomic E-state index is -1.04. The highest BCUT2D eigenvalue weighted by atomic mass is 19.2. The van der Waals surface area contributed by atoms with Gasteiger partial charge in [-0.1, -0.05) is 0 Å². The fraction of sp³-hybridized carbons (Fsp3) is 0.375. The first kappa shape index (κ1) is 15.8. The summed E-state index contributed by atoms with van der Waals surface area (Å²) in [6.45, 7) is 1.07. The Bertz CT molecular complexity index is 936. The standard InChI is InChI=1S/C16H16F2N6O/c1-23-15(20-9-21-23)16(25)2-4-24(5-3-16)14-8-19-12-6-10(17)11(18)7-13(12)22-14/h6-9,25H,2-5H2,1H3. The zero-order valence-electron chi connectivity index (χ0n) is 13.5. The van der Waals surface area contributed by atoms with E-state index in [1.54, 1.807) is 11.7 Å². The van der Waals surface area contributed by atoms with Crippen LogP contribution < -0.4 is 4.90 Å². The smallest absolute Gasteiger partial charge is 0.161 e. The van der Waals surface area contributed by atoms with E-state index in [0.717, 1.165) is 12.1 Å². The highest BCUT2D eigenvalue weighted by molar-refractivity contribution is 5.75. The van der Waals surface area contributed by atoms with Gasteiger partial charge in [-0.3, -0.25) is 9.67 Å². The number of halogens is 2. The van der Waals surface area contributed by atoms with Crippen LogP contribution in [0.25, 0.3) is 11.0 Å². The third kappa shape index (κ3) is 2.70. The van der Waals surface area contributed by atoms with Gasteiger partial charge in [0.15, 0.2) is 17.5 Å². The van der Waals surface area contributed by atoms with Crippen molar-refractivity contribution in [2.75, 3.05) is 18.0 Å². The van der Waals surface area contributed by atoms with Crippen molar-refractivity contribution in [2.45, 2.75) is 18.4 Å². The van der Waals surface area contributed by atoms with Gasteiger partial charge in [0.2, 0.25) is 0 Å². The Balaban J connectivity index is 1.57. The first-order valence-electron chi connectivity index (χ1n) is 7.90. The van der Waals surface area contributed by atoms with Crippen molar-refractivity contribution in [3.8, 4) is 0 Å². The predicted octanol–water partition coefficient (Wildman–Crippen LogP) is 1.52. The quantitative estimate of drug-likeness (QED) is 0.758. The summed E-state index contributed by atoms with van der Waals surface area (Å²) < 4.78 is 28.2. The molecule has 1 aromatic carbocycles. The lowest BCUT2D eigenvalue weighted by molar-refractivity contribution is -0.000177. The van der Waals surface area contributed by atoms with Crippen molar-refractivity contribution in [2.24, 2.45) is 7.05 Å². The number of nitrogens with zero attached hydrogens (tertiary/aromatic N) is 6. The second-order valence-electron chi connectivity index (χ2n) is 6.21. The van der Waals surface area contributed by atoms with Crippen LogP contribution >= 0.6 is 0 Å². The molecule has 9 heteroatoms. The van der Waals surface area contributed by atoms with Crippen molar-refractivity contribution in [1.82, 2.24) is 24.7 Å². The third-order valence-electron chi connectivity index (χ3n) is 4.61. The number of fused-ring (bicyclic) bond motifs is 1. The molecule has 1 N–H and O–H groups in total. The predicted molar refractivity (Wildman–Crippen MR) is 85.8 cm³/mol. The molecule has 0 radical (unpaired) electrons. The number of rotatable bonds is 2. The van der Waals surface area contributed by atoms with E-state index in [4.69, 9.17) is 0 Å². The Hall–Kier alpha value is -2.68. The van der Waals surface area contributed by atoms with Gasteiger partial charge in [-0.15, -0.1) is 0 Å². The van der Waals surface area contributed by atoms with Gasteiger partial charge in [0.05, 0.1) is 17.2 Å². The van der Waals surface area contributed by atoms with E-state index in [1.165, 1.54) is 12.5 Å². The van der Waals surface area contributed by atoms with Crippen LogP contribution in [-0.2, 0) is 12.6 Å². The molecule has 1 aliphatic rings. The summed E-state index contributed by atoms with van der Waals surface area (Å²) in [5, 5.41) is 14.8. The zero-order valence-corrected chi connectivity index (χ0v) is 13.5. The third-order valence-corrected chi connectivity index (χ3v) is 4.61. The molecule has 130 valence electrons. The second kappa shape index (κ2) is 5.69. The zero-order chi connectivity index (χ0) is 17.6. The van der Waals surface area contributed by atoms with Gasteiger partial charge in [0.25, 0.3) is 0 Å². The van der Waals surface area contributed by atoms with Gasteiger partial charge in [-0.25, -0.2) is 18.7 Å². The Morgan fingerprint density at radius 1 is 1.08 bits per heavy atom. The highest BCUT2D eigenvalue weighted by Gasteiger charge is 2.38. The average molecular weight is 346 g/mol. The van der Waals surface area contributed by atoms with E-state index in [9.17, 15) is 13.9 Å². The molecule has 0 atom stereocenters. The van der Waals surface area contributed by atoms with Gasteiger partial charge < -0.3 is 10.0 Å². The van der Waals surface area contributed by atoms with Gasteiger partial charge in [-0.05, 0) is 0 Å². The molecule has 0 bridgehead atoms. The molecular formula is C16H16F2N6O. The number of piperidine rings is 1. The van der Waals surface area contributed by atoms with E-state index >= 15 is 0 Å². The topological polar surface area (TPSA) is 80.0 Å². The summed E-state index contributed by atoms with van der Waals surface area (Å²) in [6.07, 6.45) is 3.86. The molecule has 1 fully saturated rings. The highest BCUT2D eigenvalue weighted by Crippen LogP contribution is 2.32. The SMILES string of the molecule is Cn1ncnc1C1(O)CCN(c2cnc3cc(F)c(F)cc3n2)CC1. The Kier molecular flexibility index (Phi) is 3.60. The number of hydrogen-bond acceptors (Lipinski definition) is 6. The average Bonchev–Trinajstić information content (AvgIpc) is 3.03. The minimum Gasteiger partial charge on any atom is -0.382 e.